The minimum absolute atomic E-state index is 0.871. The van der Waals surface area contributed by atoms with Crippen LogP contribution in [0.5, 0.6) is 0 Å². The molecule has 2 fully saturated rings. The minimum Gasteiger partial charge on any atom is -0.301 e. The maximum atomic E-state index is 2.75. The van der Waals surface area contributed by atoms with E-state index in [-0.39, 0.29) is 0 Å². The van der Waals surface area contributed by atoms with E-state index in [2.05, 4.69) is 23.6 Å². The number of piperidine rings is 1. The van der Waals surface area contributed by atoms with Crippen LogP contribution in [0.1, 0.15) is 46.0 Å². The summed E-state index contributed by atoms with van der Waals surface area (Å²) in [6.45, 7) is 11.4. The summed E-state index contributed by atoms with van der Waals surface area (Å²) in [5.41, 5.74) is 0. The van der Waals surface area contributed by atoms with Gasteiger partial charge in [0.05, 0.1) is 0 Å². The van der Waals surface area contributed by atoms with E-state index in [4.69, 9.17) is 0 Å². The van der Waals surface area contributed by atoms with Crippen molar-refractivity contribution in [1.82, 2.24) is 9.80 Å². The zero-order chi connectivity index (χ0) is 11.4. The molecule has 2 heterocycles. The maximum absolute atomic E-state index is 2.75. The Labute approximate surface area is 101 Å². The van der Waals surface area contributed by atoms with Crippen LogP contribution in [0.25, 0.3) is 0 Å². The van der Waals surface area contributed by atoms with Crippen LogP contribution in [0.3, 0.4) is 0 Å². The van der Waals surface area contributed by atoms with Crippen molar-refractivity contribution in [2.24, 2.45) is 5.92 Å². The molecule has 2 saturated heterocycles. The minimum atomic E-state index is 0.871. The summed E-state index contributed by atoms with van der Waals surface area (Å²) < 4.78 is 0. The quantitative estimate of drug-likeness (QED) is 0.727. The van der Waals surface area contributed by atoms with Gasteiger partial charge >= 0.3 is 0 Å². The lowest BCUT2D eigenvalue weighted by atomic mass is 10.0. The van der Waals surface area contributed by atoms with Gasteiger partial charge in [-0.15, -0.1) is 0 Å². The first-order valence-electron chi connectivity index (χ1n) is 7.26. The van der Waals surface area contributed by atoms with Gasteiger partial charge in [0, 0.05) is 19.1 Å². The van der Waals surface area contributed by atoms with Crippen molar-refractivity contribution >= 4 is 0 Å². The second-order valence-electron chi connectivity index (χ2n) is 5.81. The van der Waals surface area contributed by atoms with Crippen LogP contribution >= 0.6 is 0 Å². The molecule has 0 spiro atoms. The van der Waals surface area contributed by atoms with Gasteiger partial charge in [-0.25, -0.2) is 0 Å². The number of hydrogen-bond donors (Lipinski definition) is 0. The molecule has 0 aliphatic carbocycles. The van der Waals surface area contributed by atoms with E-state index in [9.17, 15) is 0 Å². The molecule has 0 saturated carbocycles. The third kappa shape index (κ3) is 3.21. The fourth-order valence-corrected chi connectivity index (χ4v) is 3.18. The van der Waals surface area contributed by atoms with E-state index in [0.717, 1.165) is 12.0 Å². The van der Waals surface area contributed by atoms with Crippen molar-refractivity contribution in [3.8, 4) is 0 Å². The molecule has 94 valence electrons. The molecule has 2 nitrogen and oxygen atoms in total. The number of rotatable bonds is 3. The van der Waals surface area contributed by atoms with Crippen LogP contribution in [-0.2, 0) is 0 Å². The Bertz CT molecular complexity index is 205. The van der Waals surface area contributed by atoms with E-state index >= 15 is 0 Å². The predicted octanol–water partition coefficient (Wildman–Crippen LogP) is 2.59. The van der Waals surface area contributed by atoms with Crippen LogP contribution in [-0.4, -0.2) is 48.6 Å². The highest BCUT2D eigenvalue weighted by atomic mass is 15.2. The molecule has 2 heteroatoms. The molecule has 2 rings (SSSR count). The molecule has 0 bridgehead atoms. The zero-order valence-electron chi connectivity index (χ0n) is 11.1. The second-order valence-corrected chi connectivity index (χ2v) is 5.81. The number of hydrogen-bond acceptors (Lipinski definition) is 2. The molecule has 0 aromatic heterocycles. The van der Waals surface area contributed by atoms with E-state index in [1.807, 2.05) is 0 Å². The highest BCUT2D eigenvalue weighted by Gasteiger charge is 2.27. The standard InChI is InChI=1S/C14H28N2/c1-3-13(2)11-15-8-6-10-16-9-5-4-7-14(16)12-15/h13-14H,3-12H2,1-2H3. The highest BCUT2D eigenvalue weighted by Crippen LogP contribution is 2.21. The first-order valence-corrected chi connectivity index (χ1v) is 7.26. The Balaban J connectivity index is 1.86. The van der Waals surface area contributed by atoms with E-state index in [0.29, 0.717) is 0 Å². The Morgan fingerprint density at radius 3 is 2.75 bits per heavy atom. The summed E-state index contributed by atoms with van der Waals surface area (Å²) in [5.74, 6) is 0.871. The van der Waals surface area contributed by atoms with Gasteiger partial charge in [-0.1, -0.05) is 26.7 Å². The van der Waals surface area contributed by atoms with Gasteiger partial charge in [0.15, 0.2) is 0 Å². The SMILES string of the molecule is CCC(C)CN1CCCN2CCCCC2C1. The molecule has 2 aliphatic rings. The smallest absolute Gasteiger partial charge is 0.0223 e. The summed E-state index contributed by atoms with van der Waals surface area (Å²) >= 11 is 0. The Kier molecular flexibility index (Phi) is 4.66. The van der Waals surface area contributed by atoms with Gasteiger partial charge < -0.3 is 4.90 Å². The molecular formula is C14H28N2. The Morgan fingerprint density at radius 1 is 1.12 bits per heavy atom. The first-order chi connectivity index (χ1) is 7.79. The molecule has 2 unspecified atom stereocenters. The summed E-state index contributed by atoms with van der Waals surface area (Å²) in [4.78, 5) is 5.48. The van der Waals surface area contributed by atoms with Crippen molar-refractivity contribution in [2.75, 3.05) is 32.7 Å². The summed E-state index contributed by atoms with van der Waals surface area (Å²) in [6.07, 6.45) is 7.04. The fourth-order valence-electron chi connectivity index (χ4n) is 3.18. The summed E-state index contributed by atoms with van der Waals surface area (Å²) in [5, 5.41) is 0. The summed E-state index contributed by atoms with van der Waals surface area (Å²) in [7, 11) is 0. The lowest BCUT2D eigenvalue weighted by Gasteiger charge is -2.35. The highest BCUT2D eigenvalue weighted by molar-refractivity contribution is 4.83. The van der Waals surface area contributed by atoms with Crippen LogP contribution in [0.15, 0.2) is 0 Å². The van der Waals surface area contributed by atoms with Gasteiger partial charge in [0.2, 0.25) is 0 Å². The summed E-state index contributed by atoms with van der Waals surface area (Å²) in [6, 6.07) is 0.875. The van der Waals surface area contributed by atoms with Gasteiger partial charge in [-0.2, -0.15) is 0 Å². The molecule has 2 atom stereocenters. The second kappa shape index (κ2) is 6.02. The third-order valence-corrected chi connectivity index (χ3v) is 4.40. The monoisotopic (exact) mass is 224 g/mol. The molecule has 0 radical (unpaired) electrons. The number of nitrogens with zero attached hydrogens (tertiary/aromatic N) is 2. The van der Waals surface area contributed by atoms with E-state index in [1.165, 1.54) is 64.8 Å². The largest absolute Gasteiger partial charge is 0.301 e. The van der Waals surface area contributed by atoms with Crippen LogP contribution < -0.4 is 0 Å². The lowest BCUT2D eigenvalue weighted by Crippen LogP contribution is -2.44. The van der Waals surface area contributed by atoms with Crippen LogP contribution in [0.2, 0.25) is 0 Å². The van der Waals surface area contributed by atoms with Gasteiger partial charge in [0.25, 0.3) is 0 Å². The molecule has 0 aromatic rings. The van der Waals surface area contributed by atoms with Crippen molar-refractivity contribution in [3.05, 3.63) is 0 Å². The molecule has 16 heavy (non-hydrogen) atoms. The molecule has 0 N–H and O–H groups in total. The average Bonchev–Trinajstić information content (AvgIpc) is 2.50. The van der Waals surface area contributed by atoms with Crippen LogP contribution in [0, 0.1) is 5.92 Å². The van der Waals surface area contributed by atoms with Crippen molar-refractivity contribution in [3.63, 3.8) is 0 Å². The lowest BCUT2D eigenvalue weighted by molar-refractivity contribution is 0.131. The molecule has 0 amide bonds. The van der Waals surface area contributed by atoms with E-state index < -0.39 is 0 Å². The fraction of sp³-hybridized carbons (Fsp3) is 1.00. The van der Waals surface area contributed by atoms with Crippen molar-refractivity contribution in [2.45, 2.75) is 52.0 Å². The molecular weight excluding hydrogens is 196 g/mol. The Morgan fingerprint density at radius 2 is 1.94 bits per heavy atom. The average molecular weight is 224 g/mol. The van der Waals surface area contributed by atoms with E-state index in [1.54, 1.807) is 0 Å². The van der Waals surface area contributed by atoms with Gasteiger partial charge in [-0.05, 0) is 44.8 Å². The van der Waals surface area contributed by atoms with Crippen molar-refractivity contribution < 1.29 is 0 Å². The normalized spacial score (nSPS) is 30.8. The van der Waals surface area contributed by atoms with Crippen LogP contribution in [0.4, 0.5) is 0 Å². The van der Waals surface area contributed by atoms with Gasteiger partial charge in [-0.3, -0.25) is 4.90 Å². The maximum Gasteiger partial charge on any atom is 0.0223 e. The molecule has 2 aliphatic heterocycles. The topological polar surface area (TPSA) is 6.48 Å². The number of fused-ring (bicyclic) bond motifs is 1. The predicted molar refractivity (Wildman–Crippen MR) is 69.7 cm³/mol. The molecule has 0 aromatic carbocycles. The Hall–Kier alpha value is -0.0800. The van der Waals surface area contributed by atoms with Crippen molar-refractivity contribution in [1.29, 1.82) is 0 Å². The first kappa shape index (κ1) is 12.4. The third-order valence-electron chi connectivity index (χ3n) is 4.40. The van der Waals surface area contributed by atoms with Gasteiger partial charge in [0.1, 0.15) is 0 Å². The zero-order valence-corrected chi connectivity index (χ0v) is 11.1.